The zero-order chi connectivity index (χ0) is 41.0. The van der Waals surface area contributed by atoms with Gasteiger partial charge in [-0.15, -0.1) is 0 Å². The molecule has 1 heterocycles. The van der Waals surface area contributed by atoms with Crippen LogP contribution in [0.2, 0.25) is 0 Å². The minimum absolute atomic E-state index is 0.0179. The number of nitrogens with zero attached hydrogens (tertiary/aromatic N) is 3. The van der Waals surface area contributed by atoms with E-state index in [1.54, 1.807) is 4.90 Å². The molecule has 0 aromatic heterocycles. The maximum Gasteiger partial charge on any atom is 0.317 e. The second kappa shape index (κ2) is 18.4. The molecular weight excluding hydrogens is 720 g/mol. The average molecular weight is 791 g/mol. The van der Waals surface area contributed by atoms with Crippen LogP contribution in [0.5, 0.6) is 0 Å². The zero-order valence-electron chi connectivity index (χ0n) is 34.3. The Balaban J connectivity index is 1.18. The summed E-state index contributed by atoms with van der Waals surface area (Å²) in [7, 11) is 0. The molecule has 5 unspecified atom stereocenters. The maximum atomic E-state index is 13.4. The first-order valence-corrected chi connectivity index (χ1v) is 21.5. The quantitative estimate of drug-likeness (QED) is 0.108. The predicted octanol–water partition coefficient (Wildman–Crippen LogP) is 4.09. The van der Waals surface area contributed by atoms with Crippen molar-refractivity contribution in [3.05, 3.63) is 0 Å². The monoisotopic (exact) mass is 791 g/mol. The lowest BCUT2D eigenvalue weighted by Gasteiger charge is -2.62. The van der Waals surface area contributed by atoms with Gasteiger partial charge in [0.1, 0.15) is 0 Å². The van der Waals surface area contributed by atoms with Gasteiger partial charge in [0.2, 0.25) is 5.91 Å². The second-order valence-electron chi connectivity index (χ2n) is 19.0. The van der Waals surface area contributed by atoms with Crippen LogP contribution in [0.4, 0.5) is 0 Å². The van der Waals surface area contributed by atoms with Gasteiger partial charge in [0.15, 0.2) is 0 Å². The summed E-state index contributed by atoms with van der Waals surface area (Å²) in [5, 5.41) is 53.7. The first-order valence-electron chi connectivity index (χ1n) is 21.5. The number of carbonyl (C=O) groups excluding carboxylic acids is 1. The van der Waals surface area contributed by atoms with Crippen molar-refractivity contribution in [3.63, 3.8) is 0 Å². The van der Waals surface area contributed by atoms with Crippen molar-refractivity contribution in [2.45, 2.75) is 135 Å². The largest absolute Gasteiger partial charge is 0.481 e. The van der Waals surface area contributed by atoms with Crippen LogP contribution in [0, 0.1) is 46.3 Å². The molecule has 0 aromatic rings. The highest BCUT2D eigenvalue weighted by Crippen LogP contribution is 2.68. The van der Waals surface area contributed by atoms with E-state index >= 15 is 0 Å². The molecule has 6 N–H and O–H groups in total. The third-order valence-electron chi connectivity index (χ3n) is 15.9. The fourth-order valence-electron chi connectivity index (χ4n) is 13.1. The maximum absolute atomic E-state index is 13.4. The molecule has 0 aromatic carbocycles. The Labute approximate surface area is 332 Å². The number of carbonyl (C=O) groups is 5. The van der Waals surface area contributed by atoms with Crippen molar-refractivity contribution in [1.29, 1.82) is 0 Å². The molecule has 318 valence electrons. The lowest BCUT2D eigenvalue weighted by atomic mass is 9.43. The van der Waals surface area contributed by atoms with E-state index in [0.717, 1.165) is 51.4 Å². The normalized spacial score (nSPS) is 36.8. The Morgan fingerprint density at radius 2 is 1.48 bits per heavy atom. The van der Waals surface area contributed by atoms with E-state index in [0.29, 0.717) is 87.9 Å². The smallest absolute Gasteiger partial charge is 0.317 e. The van der Waals surface area contributed by atoms with Crippen LogP contribution >= 0.6 is 0 Å². The molecule has 0 spiro atoms. The number of hydrogen-bond donors (Lipinski definition) is 6. The van der Waals surface area contributed by atoms with Gasteiger partial charge in [-0.1, -0.05) is 34.1 Å². The molecule has 14 nitrogen and oxygen atoms in total. The topological polar surface area (TPSA) is 208 Å². The Morgan fingerprint density at radius 3 is 2.12 bits per heavy atom. The number of unbranched alkanes of at least 4 members (excludes halogenated alkanes) is 1. The van der Waals surface area contributed by atoms with Gasteiger partial charge >= 0.3 is 23.9 Å². The Morgan fingerprint density at radius 1 is 0.804 bits per heavy atom. The van der Waals surface area contributed by atoms with Crippen LogP contribution in [0.1, 0.15) is 118 Å². The number of fused-ring (bicyclic) bond motifs is 5. The van der Waals surface area contributed by atoms with E-state index < -0.39 is 48.6 Å². The van der Waals surface area contributed by atoms with Crippen molar-refractivity contribution in [2.24, 2.45) is 46.3 Å². The molecule has 0 radical (unpaired) electrons. The molecule has 5 rings (SSSR count). The molecular formula is C42H70N4O10. The summed E-state index contributed by atoms with van der Waals surface area (Å²) < 4.78 is 0. The van der Waals surface area contributed by atoms with Crippen molar-refractivity contribution >= 4 is 29.8 Å². The molecule has 1 saturated heterocycles. The summed E-state index contributed by atoms with van der Waals surface area (Å²) in [6.07, 6.45) is 10.3. The van der Waals surface area contributed by atoms with Gasteiger partial charge in [-0.3, -0.25) is 33.8 Å². The predicted molar refractivity (Wildman–Crippen MR) is 209 cm³/mol. The fourth-order valence-corrected chi connectivity index (χ4v) is 13.1. The number of aliphatic carboxylic acids is 4. The van der Waals surface area contributed by atoms with Crippen LogP contribution < -0.4 is 5.32 Å². The molecule has 1 aliphatic heterocycles. The van der Waals surface area contributed by atoms with Gasteiger partial charge in [0.25, 0.3) is 0 Å². The Bertz CT molecular complexity index is 1420. The van der Waals surface area contributed by atoms with Crippen LogP contribution in [-0.2, 0) is 24.0 Å². The molecule has 4 aliphatic carbocycles. The van der Waals surface area contributed by atoms with Gasteiger partial charge in [-0.05, 0) is 124 Å². The number of carboxylic acids is 4. The average Bonchev–Trinajstić information content (AvgIpc) is 3.38. The van der Waals surface area contributed by atoms with E-state index in [4.69, 9.17) is 0 Å². The Hall–Kier alpha value is -2.81. The highest BCUT2D eigenvalue weighted by Gasteiger charge is 2.63. The molecule has 11 atom stereocenters. The van der Waals surface area contributed by atoms with E-state index in [-0.39, 0.29) is 48.2 Å². The number of nitrogens with one attached hydrogen (secondary N) is 1. The van der Waals surface area contributed by atoms with Crippen LogP contribution in [-0.4, -0.2) is 140 Å². The van der Waals surface area contributed by atoms with Gasteiger partial charge in [-0.2, -0.15) is 0 Å². The van der Waals surface area contributed by atoms with Gasteiger partial charge < -0.3 is 35.7 Å². The van der Waals surface area contributed by atoms with E-state index in [2.05, 4.69) is 31.0 Å². The summed E-state index contributed by atoms with van der Waals surface area (Å²) in [6.45, 7) is 10.0. The molecule has 1 amide bonds. The lowest BCUT2D eigenvalue weighted by molar-refractivity contribution is -0.170. The summed E-state index contributed by atoms with van der Waals surface area (Å²) in [4.78, 5) is 65.8. The summed E-state index contributed by atoms with van der Waals surface area (Å²) in [6, 6.07) is 0.0827. The number of likely N-dealkylation sites (N-methyl/N-ethyl adjacent to an activating group) is 1. The van der Waals surface area contributed by atoms with Gasteiger partial charge in [0, 0.05) is 50.6 Å². The van der Waals surface area contributed by atoms with Crippen LogP contribution in [0.15, 0.2) is 0 Å². The van der Waals surface area contributed by atoms with Crippen molar-refractivity contribution in [1.82, 2.24) is 20.0 Å². The van der Waals surface area contributed by atoms with Crippen molar-refractivity contribution in [3.8, 4) is 0 Å². The molecule has 5 aliphatic rings. The van der Waals surface area contributed by atoms with Gasteiger partial charge in [-0.25, -0.2) is 0 Å². The number of rotatable bonds is 18. The molecule has 56 heavy (non-hydrogen) atoms. The highest BCUT2D eigenvalue weighted by atomic mass is 16.4. The number of amides is 1. The standard InChI is InChI=1S/C42H70N4O10/c1-5-44-18-19-45(22-37(51)52)26-42(25-44,46(23-38(53)54)24-39(55)56)16-7-6-8-35(48)43-29-15-17-40(3)28(20-29)10-11-30-32-13-12-31(27(2)9-14-36(49)50)41(32,4)34(47)21-33(30)40/h27-34,47H,5-26H2,1-4H3,(H,43,48)(H,49,50)(H,51,52)(H,53,54)(H,55,56)/t27?,28-,29+,30?,31-,32?,33?,34+,40+,41-,42?/m1/s1. The summed E-state index contributed by atoms with van der Waals surface area (Å²) in [5.74, 6) is -1.56. The minimum Gasteiger partial charge on any atom is -0.481 e. The fraction of sp³-hybridized carbons (Fsp3) is 0.881. The first-order chi connectivity index (χ1) is 26.4. The highest BCUT2D eigenvalue weighted by molar-refractivity contribution is 5.76. The van der Waals surface area contributed by atoms with Crippen LogP contribution in [0.3, 0.4) is 0 Å². The summed E-state index contributed by atoms with van der Waals surface area (Å²) >= 11 is 0. The molecule has 5 fully saturated rings. The van der Waals surface area contributed by atoms with E-state index in [1.165, 1.54) is 4.90 Å². The second-order valence-corrected chi connectivity index (χ2v) is 19.0. The first kappa shape index (κ1) is 44.3. The van der Waals surface area contributed by atoms with Crippen molar-refractivity contribution < 1.29 is 49.5 Å². The third kappa shape index (κ3) is 9.72. The Kier molecular flexibility index (Phi) is 14.6. The number of hydrogen-bond acceptors (Lipinski definition) is 9. The molecule has 4 saturated carbocycles. The number of aliphatic hydroxyl groups excluding tert-OH is 1. The van der Waals surface area contributed by atoms with Crippen LogP contribution in [0.25, 0.3) is 0 Å². The van der Waals surface area contributed by atoms with E-state index in [9.17, 15) is 49.5 Å². The third-order valence-corrected chi connectivity index (χ3v) is 15.9. The number of aliphatic hydroxyl groups is 1. The zero-order valence-corrected chi connectivity index (χ0v) is 34.3. The lowest BCUT2D eigenvalue weighted by Crippen LogP contribution is -2.61. The SMILES string of the molecule is CCN1CCN(CC(=O)O)CC(CCCCC(=O)N[C@H]2CC[C@]3(C)C4C[C@H](O)[C@@]5(C)C(CC[C@@H]5C(C)CCC(=O)O)C4CC[C@@H]3C2)(N(CC(=O)O)CC(=O)O)C1. The molecule has 14 heteroatoms. The summed E-state index contributed by atoms with van der Waals surface area (Å²) in [5.41, 5.74) is -1.00. The van der Waals surface area contributed by atoms with E-state index in [1.807, 2.05) is 6.92 Å². The molecule has 0 bridgehead atoms. The van der Waals surface area contributed by atoms with Gasteiger partial charge in [0.05, 0.1) is 25.7 Å². The van der Waals surface area contributed by atoms with Crippen molar-refractivity contribution in [2.75, 3.05) is 52.4 Å². The minimum atomic E-state index is -1.15. The number of carboxylic acid groups (broad SMARTS) is 4.